The van der Waals surface area contributed by atoms with Crippen LogP contribution in [0.5, 0.6) is 5.75 Å². The molecule has 0 aliphatic rings. The molecule has 0 fully saturated rings. The monoisotopic (exact) mass is 348 g/mol. The number of ether oxygens (including phenoxy) is 1. The van der Waals surface area contributed by atoms with Gasteiger partial charge in [0.1, 0.15) is 5.75 Å². The highest BCUT2D eigenvalue weighted by molar-refractivity contribution is 5.81. The Morgan fingerprint density at radius 1 is 1.28 bits per heavy atom. The molecule has 1 aromatic carbocycles. The standard InChI is InChI=1S/C19H32N4O2/c1-6-15(3)23-18(24)10-12-22-19(20-4)21-11-9-16-13-14(2)7-8-17(16)25-5/h7-8,13,15H,6,9-12H2,1-5H3,(H,23,24)(H2,20,21,22). The Morgan fingerprint density at radius 3 is 2.64 bits per heavy atom. The second-order valence-corrected chi connectivity index (χ2v) is 6.12. The van der Waals surface area contributed by atoms with Crippen molar-refractivity contribution in [3.63, 3.8) is 0 Å². The summed E-state index contributed by atoms with van der Waals surface area (Å²) in [6.07, 6.45) is 2.20. The highest BCUT2D eigenvalue weighted by Crippen LogP contribution is 2.19. The van der Waals surface area contributed by atoms with Crippen molar-refractivity contribution in [1.82, 2.24) is 16.0 Å². The minimum atomic E-state index is 0.0572. The normalized spacial score (nSPS) is 12.4. The molecule has 0 aromatic heterocycles. The zero-order valence-electron chi connectivity index (χ0n) is 16.1. The molecule has 3 N–H and O–H groups in total. The number of benzene rings is 1. The van der Waals surface area contributed by atoms with Crippen LogP contribution in [0.4, 0.5) is 0 Å². The van der Waals surface area contributed by atoms with Crippen LogP contribution in [-0.2, 0) is 11.2 Å². The lowest BCUT2D eigenvalue weighted by molar-refractivity contribution is -0.121. The van der Waals surface area contributed by atoms with Gasteiger partial charge in [-0.25, -0.2) is 0 Å². The van der Waals surface area contributed by atoms with Gasteiger partial charge in [-0.1, -0.05) is 24.6 Å². The number of guanidine groups is 1. The van der Waals surface area contributed by atoms with E-state index >= 15 is 0 Å². The van der Waals surface area contributed by atoms with Crippen LogP contribution in [-0.4, -0.2) is 45.2 Å². The minimum Gasteiger partial charge on any atom is -0.496 e. The zero-order chi connectivity index (χ0) is 18.7. The SMILES string of the molecule is CCC(C)NC(=O)CCNC(=NC)NCCc1cc(C)ccc1OC. The molecule has 6 nitrogen and oxygen atoms in total. The van der Waals surface area contributed by atoms with E-state index in [1.807, 2.05) is 19.1 Å². The first-order chi connectivity index (χ1) is 12.0. The lowest BCUT2D eigenvalue weighted by Crippen LogP contribution is -2.41. The van der Waals surface area contributed by atoms with Gasteiger partial charge in [0.2, 0.25) is 5.91 Å². The molecular formula is C19H32N4O2. The van der Waals surface area contributed by atoms with Gasteiger partial charge in [-0.05, 0) is 38.3 Å². The molecule has 0 saturated heterocycles. The molecule has 25 heavy (non-hydrogen) atoms. The second-order valence-electron chi connectivity index (χ2n) is 6.12. The first-order valence-corrected chi connectivity index (χ1v) is 8.87. The van der Waals surface area contributed by atoms with Crippen LogP contribution in [0, 0.1) is 6.92 Å². The third kappa shape index (κ3) is 7.92. The number of carbonyl (C=O) groups excluding carboxylic acids is 1. The predicted octanol–water partition coefficient (Wildman–Crippen LogP) is 2.02. The average Bonchev–Trinajstić information content (AvgIpc) is 2.60. The van der Waals surface area contributed by atoms with E-state index in [4.69, 9.17) is 4.74 Å². The van der Waals surface area contributed by atoms with E-state index in [9.17, 15) is 4.79 Å². The third-order valence-electron chi connectivity index (χ3n) is 4.01. The summed E-state index contributed by atoms with van der Waals surface area (Å²) >= 11 is 0. The molecule has 1 atom stereocenters. The molecule has 1 unspecified atom stereocenters. The van der Waals surface area contributed by atoms with Gasteiger partial charge in [-0.2, -0.15) is 0 Å². The molecule has 0 bridgehead atoms. The third-order valence-corrected chi connectivity index (χ3v) is 4.01. The number of carbonyl (C=O) groups is 1. The van der Waals surface area contributed by atoms with Gasteiger partial charge in [0, 0.05) is 32.6 Å². The van der Waals surface area contributed by atoms with E-state index in [1.54, 1.807) is 14.2 Å². The van der Waals surface area contributed by atoms with Gasteiger partial charge in [-0.3, -0.25) is 9.79 Å². The summed E-state index contributed by atoms with van der Waals surface area (Å²) in [5.74, 6) is 1.65. The topological polar surface area (TPSA) is 74.8 Å². The summed E-state index contributed by atoms with van der Waals surface area (Å²) < 4.78 is 5.40. The number of aryl methyl sites for hydroxylation is 1. The summed E-state index contributed by atoms with van der Waals surface area (Å²) in [5.41, 5.74) is 2.38. The number of hydrogen-bond acceptors (Lipinski definition) is 3. The first-order valence-electron chi connectivity index (χ1n) is 8.87. The van der Waals surface area contributed by atoms with Crippen LogP contribution in [0.25, 0.3) is 0 Å². The summed E-state index contributed by atoms with van der Waals surface area (Å²) in [6.45, 7) is 7.42. The van der Waals surface area contributed by atoms with Crippen LogP contribution in [0.15, 0.2) is 23.2 Å². The molecular weight excluding hydrogens is 316 g/mol. The van der Waals surface area contributed by atoms with Gasteiger partial charge >= 0.3 is 0 Å². The summed E-state index contributed by atoms with van der Waals surface area (Å²) in [5, 5.41) is 9.38. The summed E-state index contributed by atoms with van der Waals surface area (Å²) in [4.78, 5) is 15.9. The van der Waals surface area contributed by atoms with E-state index in [1.165, 1.54) is 11.1 Å². The molecule has 140 valence electrons. The number of amides is 1. The van der Waals surface area contributed by atoms with Crippen LogP contribution in [0.2, 0.25) is 0 Å². The summed E-state index contributed by atoms with van der Waals surface area (Å²) in [6, 6.07) is 6.39. The van der Waals surface area contributed by atoms with Gasteiger partial charge in [0.25, 0.3) is 0 Å². The Bertz CT molecular complexity index is 573. The van der Waals surface area contributed by atoms with Crippen molar-refractivity contribution in [2.75, 3.05) is 27.2 Å². The fourth-order valence-corrected chi connectivity index (χ4v) is 2.38. The highest BCUT2D eigenvalue weighted by Gasteiger charge is 2.06. The first kappa shape index (κ1) is 20.8. The maximum Gasteiger partial charge on any atom is 0.221 e. The van der Waals surface area contributed by atoms with Crippen molar-refractivity contribution in [2.24, 2.45) is 4.99 Å². The number of aliphatic imine (C=N–C) groups is 1. The van der Waals surface area contributed by atoms with Crippen molar-refractivity contribution in [3.05, 3.63) is 29.3 Å². The highest BCUT2D eigenvalue weighted by atomic mass is 16.5. The van der Waals surface area contributed by atoms with Crippen molar-refractivity contribution in [1.29, 1.82) is 0 Å². The Balaban J connectivity index is 2.35. The van der Waals surface area contributed by atoms with Crippen molar-refractivity contribution in [3.8, 4) is 5.75 Å². The fraction of sp³-hybridized carbons (Fsp3) is 0.579. The van der Waals surface area contributed by atoms with Crippen molar-refractivity contribution < 1.29 is 9.53 Å². The number of nitrogens with one attached hydrogen (secondary N) is 3. The molecule has 0 aliphatic carbocycles. The lowest BCUT2D eigenvalue weighted by Gasteiger charge is -2.14. The van der Waals surface area contributed by atoms with Crippen molar-refractivity contribution >= 4 is 11.9 Å². The van der Waals surface area contributed by atoms with Gasteiger partial charge in [0.15, 0.2) is 5.96 Å². The number of methoxy groups -OCH3 is 1. The maximum absolute atomic E-state index is 11.8. The van der Waals surface area contributed by atoms with Crippen LogP contribution >= 0.6 is 0 Å². The molecule has 1 aromatic rings. The van der Waals surface area contributed by atoms with Crippen molar-refractivity contribution in [2.45, 2.75) is 46.1 Å². The van der Waals surface area contributed by atoms with E-state index in [0.29, 0.717) is 18.9 Å². The molecule has 0 heterocycles. The molecule has 0 saturated carbocycles. The lowest BCUT2D eigenvalue weighted by atomic mass is 10.1. The van der Waals surface area contributed by atoms with Crippen LogP contribution in [0.3, 0.4) is 0 Å². The van der Waals surface area contributed by atoms with Gasteiger partial charge in [0.05, 0.1) is 7.11 Å². The number of rotatable bonds is 9. The van der Waals surface area contributed by atoms with E-state index in [-0.39, 0.29) is 11.9 Å². The molecule has 1 rings (SSSR count). The van der Waals surface area contributed by atoms with Gasteiger partial charge in [-0.15, -0.1) is 0 Å². The average molecular weight is 348 g/mol. The molecule has 0 aliphatic heterocycles. The predicted molar refractivity (Wildman–Crippen MR) is 103 cm³/mol. The Morgan fingerprint density at radius 2 is 2.00 bits per heavy atom. The second kappa shape index (κ2) is 11.3. The van der Waals surface area contributed by atoms with E-state index in [2.05, 4.69) is 40.9 Å². The molecule has 6 heteroatoms. The molecule has 0 radical (unpaired) electrons. The Labute approximate surface area is 151 Å². The molecule has 0 spiro atoms. The minimum absolute atomic E-state index is 0.0572. The van der Waals surface area contributed by atoms with Crippen LogP contribution in [0.1, 0.15) is 37.8 Å². The number of nitrogens with zero attached hydrogens (tertiary/aromatic N) is 1. The fourth-order valence-electron chi connectivity index (χ4n) is 2.38. The zero-order valence-corrected chi connectivity index (χ0v) is 16.1. The number of hydrogen-bond donors (Lipinski definition) is 3. The quantitative estimate of drug-likeness (QED) is 0.471. The maximum atomic E-state index is 11.8. The van der Waals surface area contributed by atoms with E-state index < -0.39 is 0 Å². The Kier molecular flexibility index (Phi) is 9.43. The smallest absolute Gasteiger partial charge is 0.221 e. The van der Waals surface area contributed by atoms with Crippen LogP contribution < -0.4 is 20.7 Å². The Hall–Kier alpha value is -2.24. The molecule has 1 amide bonds. The summed E-state index contributed by atoms with van der Waals surface area (Å²) in [7, 11) is 3.41. The van der Waals surface area contributed by atoms with E-state index in [0.717, 1.165) is 25.1 Å². The largest absolute Gasteiger partial charge is 0.496 e. The van der Waals surface area contributed by atoms with Gasteiger partial charge < -0.3 is 20.7 Å².